The molecule has 2 fully saturated rings. The normalized spacial score (nSPS) is 25.0. The quantitative estimate of drug-likeness (QED) is 0.291. The van der Waals surface area contributed by atoms with Gasteiger partial charge in [0.1, 0.15) is 0 Å². The molecule has 2 atom stereocenters. The number of rotatable bonds is 4. The van der Waals surface area contributed by atoms with Crippen molar-refractivity contribution < 1.29 is 22.4 Å². The van der Waals surface area contributed by atoms with E-state index < -0.39 is 0 Å². The van der Waals surface area contributed by atoms with Crippen LogP contribution in [0.2, 0.25) is 0 Å². The van der Waals surface area contributed by atoms with Gasteiger partial charge in [0.2, 0.25) is 0 Å². The summed E-state index contributed by atoms with van der Waals surface area (Å²) >= 11 is 5.21. The molecule has 0 aromatic heterocycles. The smallest absolute Gasteiger partial charge is 0.792 e. The number of nitrogens with zero attached hydrogens (tertiary/aromatic N) is 1. The van der Waals surface area contributed by atoms with Crippen LogP contribution in [-0.4, -0.2) is 48.3 Å². The van der Waals surface area contributed by atoms with Gasteiger partial charge in [0.05, 0.1) is 0 Å². The molecule has 2 unspecified atom stereocenters. The maximum atomic E-state index is 5.21. The molecule has 132 valence electrons. The molecule has 0 aromatic rings. The molecule has 0 saturated carbocycles. The van der Waals surface area contributed by atoms with Crippen LogP contribution in [0.3, 0.4) is 0 Å². The molecule has 2 heterocycles. The van der Waals surface area contributed by atoms with E-state index in [1.54, 1.807) is 0 Å². The number of fused-ring (bicyclic) bond motifs is 1. The molecule has 0 bridgehead atoms. The third-order valence-corrected chi connectivity index (χ3v) is 7.90. The van der Waals surface area contributed by atoms with Crippen LogP contribution in [0.25, 0.3) is 0 Å². The van der Waals surface area contributed by atoms with E-state index in [2.05, 4.69) is 25.7 Å². The summed E-state index contributed by atoms with van der Waals surface area (Å²) in [4.78, 5) is 2.68. The molecule has 0 aromatic carbocycles. The fourth-order valence-corrected chi connectivity index (χ4v) is 5.17. The first-order chi connectivity index (χ1) is 9.26. The second-order valence-corrected chi connectivity index (χ2v) is 9.36. The Kier molecular flexibility index (Phi) is 18.2. The van der Waals surface area contributed by atoms with Crippen molar-refractivity contribution in [3.63, 3.8) is 0 Å². The van der Waals surface area contributed by atoms with Crippen molar-refractivity contribution in [2.75, 3.05) is 37.3 Å². The Morgan fingerprint density at radius 2 is 1.52 bits per heavy atom. The van der Waals surface area contributed by atoms with Crippen LogP contribution in [0, 0.1) is 5.92 Å². The Hall–Kier alpha value is 1.77. The van der Waals surface area contributed by atoms with Crippen LogP contribution in [0.4, 0.5) is 0 Å². The Balaban J connectivity index is 0. The minimum Gasteiger partial charge on any atom is -0.792 e. The van der Waals surface area contributed by atoms with Crippen LogP contribution in [0.5, 0.6) is 0 Å². The third kappa shape index (κ3) is 8.99. The van der Waals surface area contributed by atoms with E-state index >= 15 is 0 Å². The zero-order valence-electron chi connectivity index (χ0n) is 13.9. The molecular weight excluding hydrogens is 502 g/mol. The molecule has 0 radical (unpaired) electrons. The Morgan fingerprint density at radius 3 is 2.00 bits per heavy atom. The summed E-state index contributed by atoms with van der Waals surface area (Å²) in [6, 6.07) is 0.866. The van der Waals surface area contributed by atoms with E-state index in [9.17, 15) is 0 Å². The predicted molar refractivity (Wildman–Crippen MR) is 100.0 cm³/mol. The van der Waals surface area contributed by atoms with Gasteiger partial charge in [0.15, 0.2) is 0 Å². The third-order valence-electron chi connectivity index (χ3n) is 4.78. The standard InChI is InChI=1S/C10H19NS.C6H15P.Au.ClH/c12-8-9-4-3-7-11-6-2-1-5-10(9)11;1-4-7(5-2)6-3;;/h9-10,12H,1-8H2;4-6H2,1-3H3;;1H/q;;+1;/p-1. The average Bonchev–Trinajstić information content (AvgIpc) is 2.49. The summed E-state index contributed by atoms with van der Waals surface area (Å²) in [5.74, 6) is 1.83. The maximum absolute atomic E-state index is 5.21. The molecule has 21 heavy (non-hydrogen) atoms. The zero-order valence-corrected chi connectivity index (χ0v) is 18.6. The van der Waals surface area contributed by atoms with Crippen molar-refractivity contribution in [2.45, 2.75) is 58.9 Å². The van der Waals surface area contributed by atoms with E-state index in [1.807, 2.05) is 0 Å². The topological polar surface area (TPSA) is 3.24 Å². The van der Waals surface area contributed by atoms with Crippen LogP contribution < -0.4 is 0 Å². The van der Waals surface area contributed by atoms with E-state index in [0.29, 0.717) is 7.92 Å². The Labute approximate surface area is 161 Å². The minimum atomic E-state index is 0. The average molecular weight is 536 g/mol. The van der Waals surface area contributed by atoms with Crippen LogP contribution in [0.15, 0.2) is 0 Å². The molecule has 5 heteroatoms. The van der Waals surface area contributed by atoms with Gasteiger partial charge in [-0.2, -0.15) is 5.75 Å². The van der Waals surface area contributed by atoms with Crippen molar-refractivity contribution in [1.29, 1.82) is 0 Å². The largest absolute Gasteiger partial charge is 1.00 e. The maximum Gasteiger partial charge on any atom is 1.00 e. The van der Waals surface area contributed by atoms with Gasteiger partial charge in [-0.3, -0.25) is 0 Å². The van der Waals surface area contributed by atoms with Crippen LogP contribution in [-0.2, 0) is 35.0 Å². The first kappa shape index (κ1) is 25.0. The number of hydrogen-bond donors (Lipinski definition) is 0. The second kappa shape index (κ2) is 15.3. The van der Waals surface area contributed by atoms with Gasteiger partial charge in [-0.25, -0.2) is 0 Å². The van der Waals surface area contributed by atoms with Crippen LogP contribution >= 0.6 is 20.3 Å². The molecular formula is C16H34AuClNPS. The molecule has 0 aliphatic carbocycles. The summed E-state index contributed by atoms with van der Waals surface area (Å²) in [5, 5.41) is 0. The van der Waals surface area contributed by atoms with E-state index in [-0.39, 0.29) is 34.8 Å². The fourth-order valence-electron chi connectivity index (χ4n) is 3.44. The summed E-state index contributed by atoms with van der Waals surface area (Å²) in [6.07, 6.45) is 11.3. The van der Waals surface area contributed by atoms with Gasteiger partial charge < -0.3 is 17.5 Å². The van der Waals surface area contributed by atoms with Gasteiger partial charge in [-0.1, -0.05) is 27.2 Å². The van der Waals surface area contributed by atoms with E-state index in [1.165, 1.54) is 63.7 Å². The van der Waals surface area contributed by atoms with E-state index in [4.69, 9.17) is 12.6 Å². The van der Waals surface area contributed by atoms with Gasteiger partial charge in [-0.15, -0.1) is 20.3 Å². The van der Waals surface area contributed by atoms with Gasteiger partial charge >= 0.3 is 22.4 Å². The van der Waals surface area contributed by atoms with Gasteiger partial charge in [0.25, 0.3) is 0 Å². The predicted octanol–water partition coefficient (Wildman–Crippen LogP) is 4.75. The molecule has 0 N–H and O–H groups in total. The van der Waals surface area contributed by atoms with Gasteiger partial charge in [-0.05, 0) is 63.2 Å². The van der Waals surface area contributed by atoms with Crippen molar-refractivity contribution in [3.05, 3.63) is 0 Å². The van der Waals surface area contributed by atoms with Crippen molar-refractivity contribution in [3.8, 4) is 0 Å². The number of piperidine rings is 2. The Bertz CT molecular complexity index is 218. The molecule has 0 spiro atoms. The molecule has 1 nitrogen and oxygen atoms in total. The van der Waals surface area contributed by atoms with Gasteiger partial charge in [0, 0.05) is 6.04 Å². The first-order valence-electron chi connectivity index (χ1n) is 8.31. The summed E-state index contributed by atoms with van der Waals surface area (Å²) in [7, 11) is 0.446. The Morgan fingerprint density at radius 1 is 0.952 bits per heavy atom. The first-order valence-corrected chi connectivity index (χ1v) is 10.8. The molecule has 0 amide bonds. The summed E-state index contributed by atoms with van der Waals surface area (Å²) in [5.41, 5.74) is 0. The molecule has 2 aliphatic heterocycles. The minimum absolute atomic E-state index is 0. The molecule has 2 rings (SSSR count). The number of halogens is 1. The summed E-state index contributed by atoms with van der Waals surface area (Å²) in [6.45, 7) is 9.56. The van der Waals surface area contributed by atoms with Crippen LogP contribution in [0.1, 0.15) is 52.9 Å². The van der Waals surface area contributed by atoms with Crippen molar-refractivity contribution >= 4 is 33.0 Å². The molecule has 2 aliphatic rings. The van der Waals surface area contributed by atoms with Crippen molar-refractivity contribution in [2.24, 2.45) is 5.92 Å². The zero-order chi connectivity index (χ0) is 14.1. The monoisotopic (exact) mass is 535 g/mol. The SMILES string of the molecule is CCP(CC)CC.Cl.[Au+].[S-]CC1CCCN2CCCCC12. The fraction of sp³-hybridized carbons (Fsp3) is 1.00. The molecule has 2 saturated heterocycles. The van der Waals surface area contributed by atoms with Crippen molar-refractivity contribution in [1.82, 2.24) is 4.90 Å². The second-order valence-electron chi connectivity index (χ2n) is 5.79. The number of hydrogen-bond acceptors (Lipinski definition) is 2. The summed E-state index contributed by atoms with van der Waals surface area (Å²) < 4.78 is 0. The van der Waals surface area contributed by atoms with E-state index in [0.717, 1.165) is 17.7 Å².